The van der Waals surface area contributed by atoms with Gasteiger partial charge in [0.05, 0.1) is 11.9 Å². The number of hydrogen-bond acceptors (Lipinski definition) is 1. The second-order valence-electron chi connectivity index (χ2n) is 4.60. The van der Waals surface area contributed by atoms with E-state index in [4.69, 9.17) is 4.74 Å². The molecule has 0 aliphatic carbocycles. The number of hydrogen-bond donors (Lipinski definition) is 0. The van der Waals surface area contributed by atoms with Crippen molar-refractivity contribution in [2.24, 2.45) is 0 Å². The summed E-state index contributed by atoms with van der Waals surface area (Å²) in [5.41, 5.74) is 3.88. The maximum atomic E-state index is 13.3. The van der Waals surface area contributed by atoms with Gasteiger partial charge in [-0.2, -0.15) is 0 Å². The molecule has 0 N–H and O–H groups in total. The van der Waals surface area contributed by atoms with E-state index in [1.807, 2.05) is 25.1 Å². The lowest BCUT2D eigenvalue weighted by Gasteiger charge is -2.14. The summed E-state index contributed by atoms with van der Waals surface area (Å²) in [7, 11) is 1.66. The fourth-order valence-corrected chi connectivity index (χ4v) is 2.58. The summed E-state index contributed by atoms with van der Waals surface area (Å²) >= 11 is 3.66. The van der Waals surface area contributed by atoms with Gasteiger partial charge in [0, 0.05) is 0 Å². The summed E-state index contributed by atoms with van der Waals surface area (Å²) in [6.45, 7) is 3.78. The van der Waals surface area contributed by atoms with Crippen molar-refractivity contribution in [1.29, 1.82) is 0 Å². The minimum atomic E-state index is -0.176. The van der Waals surface area contributed by atoms with E-state index in [1.165, 1.54) is 6.07 Å². The Kier molecular flexibility index (Phi) is 4.25. The van der Waals surface area contributed by atoms with Gasteiger partial charge in [0.25, 0.3) is 0 Å². The third-order valence-corrected chi connectivity index (χ3v) is 4.26. The Labute approximate surface area is 121 Å². The monoisotopic (exact) mass is 322 g/mol. The third-order valence-electron chi connectivity index (χ3n) is 3.20. The van der Waals surface area contributed by atoms with Crippen molar-refractivity contribution >= 4 is 15.9 Å². The normalized spacial score (nSPS) is 12.3. The smallest absolute Gasteiger partial charge is 0.126 e. The molecule has 1 atom stereocenters. The first-order valence-corrected chi connectivity index (χ1v) is 6.99. The summed E-state index contributed by atoms with van der Waals surface area (Å²) in [6.07, 6.45) is 0. The van der Waals surface area contributed by atoms with E-state index in [2.05, 4.69) is 22.0 Å². The van der Waals surface area contributed by atoms with Crippen LogP contribution in [0.25, 0.3) is 0 Å². The minimum absolute atomic E-state index is 0.0290. The molecule has 0 bridgehead atoms. The van der Waals surface area contributed by atoms with E-state index >= 15 is 0 Å². The van der Waals surface area contributed by atoms with Crippen molar-refractivity contribution in [3.8, 4) is 5.75 Å². The molecule has 1 unspecified atom stereocenters. The average Bonchev–Trinajstić information content (AvgIpc) is 2.41. The zero-order valence-electron chi connectivity index (χ0n) is 11.2. The number of alkyl halides is 1. The van der Waals surface area contributed by atoms with Crippen molar-refractivity contribution in [1.82, 2.24) is 0 Å². The summed E-state index contributed by atoms with van der Waals surface area (Å²) < 4.78 is 18.6. The zero-order valence-corrected chi connectivity index (χ0v) is 12.8. The number of rotatable bonds is 3. The van der Waals surface area contributed by atoms with Crippen LogP contribution in [-0.4, -0.2) is 7.11 Å². The number of benzene rings is 2. The standard InChI is InChI=1S/C16H16BrFO/c1-10-4-5-13(9-15(10)19-3)16(17)12-6-7-14(18)11(2)8-12/h4-9,16H,1-3H3. The predicted octanol–water partition coefficient (Wildman–Crippen LogP) is 4.94. The lowest BCUT2D eigenvalue weighted by Crippen LogP contribution is -1.96. The summed E-state index contributed by atoms with van der Waals surface area (Å²) in [4.78, 5) is 0.0290. The van der Waals surface area contributed by atoms with Crippen LogP contribution < -0.4 is 4.74 Å². The van der Waals surface area contributed by atoms with Crippen LogP contribution in [0.2, 0.25) is 0 Å². The van der Waals surface area contributed by atoms with Gasteiger partial charge in [-0.1, -0.05) is 40.2 Å². The predicted molar refractivity (Wildman–Crippen MR) is 79.6 cm³/mol. The van der Waals surface area contributed by atoms with Crippen molar-refractivity contribution in [3.05, 3.63) is 64.5 Å². The summed E-state index contributed by atoms with van der Waals surface area (Å²) in [6, 6.07) is 11.3. The van der Waals surface area contributed by atoms with Gasteiger partial charge in [-0.25, -0.2) is 4.39 Å². The van der Waals surface area contributed by atoms with Crippen molar-refractivity contribution in [3.63, 3.8) is 0 Å². The van der Waals surface area contributed by atoms with Crippen LogP contribution in [0.4, 0.5) is 4.39 Å². The van der Waals surface area contributed by atoms with Gasteiger partial charge >= 0.3 is 0 Å². The minimum Gasteiger partial charge on any atom is -0.496 e. The Morgan fingerprint density at radius 2 is 1.63 bits per heavy atom. The van der Waals surface area contributed by atoms with Crippen LogP contribution in [0.1, 0.15) is 27.1 Å². The van der Waals surface area contributed by atoms with Gasteiger partial charge in [0.2, 0.25) is 0 Å². The molecule has 0 saturated heterocycles. The first-order valence-electron chi connectivity index (χ1n) is 6.07. The molecule has 2 aromatic rings. The number of methoxy groups -OCH3 is 1. The molecular formula is C16H16BrFO. The molecule has 100 valence electrons. The highest BCUT2D eigenvalue weighted by Gasteiger charge is 2.13. The lowest BCUT2D eigenvalue weighted by molar-refractivity contribution is 0.411. The highest BCUT2D eigenvalue weighted by atomic mass is 79.9. The van der Waals surface area contributed by atoms with E-state index in [0.717, 1.165) is 22.4 Å². The molecule has 19 heavy (non-hydrogen) atoms. The highest BCUT2D eigenvalue weighted by Crippen LogP contribution is 2.34. The quantitative estimate of drug-likeness (QED) is 0.727. The van der Waals surface area contributed by atoms with Crippen molar-refractivity contribution in [2.45, 2.75) is 18.7 Å². The first kappa shape index (κ1) is 14.1. The van der Waals surface area contributed by atoms with Crippen LogP contribution in [0.3, 0.4) is 0 Å². The SMILES string of the molecule is COc1cc(C(Br)c2ccc(F)c(C)c2)ccc1C. The molecule has 0 aromatic heterocycles. The van der Waals surface area contributed by atoms with Crippen LogP contribution in [0.15, 0.2) is 36.4 Å². The maximum Gasteiger partial charge on any atom is 0.126 e. The molecule has 2 aromatic carbocycles. The molecule has 0 saturated carbocycles. The van der Waals surface area contributed by atoms with E-state index in [1.54, 1.807) is 20.1 Å². The number of halogens is 2. The molecule has 0 fully saturated rings. The molecule has 0 aliphatic heterocycles. The highest BCUT2D eigenvalue weighted by molar-refractivity contribution is 9.09. The van der Waals surface area contributed by atoms with Crippen LogP contribution in [0.5, 0.6) is 5.75 Å². The Balaban J connectivity index is 2.37. The van der Waals surface area contributed by atoms with Crippen LogP contribution in [0, 0.1) is 19.7 Å². The molecule has 0 aliphatic rings. The average molecular weight is 323 g/mol. The Morgan fingerprint density at radius 3 is 2.26 bits per heavy atom. The van der Waals surface area contributed by atoms with E-state index in [9.17, 15) is 4.39 Å². The molecule has 3 heteroatoms. The number of aryl methyl sites for hydroxylation is 2. The van der Waals surface area contributed by atoms with Crippen molar-refractivity contribution in [2.75, 3.05) is 7.11 Å². The fourth-order valence-electron chi connectivity index (χ4n) is 2.01. The lowest BCUT2D eigenvalue weighted by atomic mass is 10.0. The molecule has 0 radical (unpaired) electrons. The number of ether oxygens (including phenoxy) is 1. The second-order valence-corrected chi connectivity index (χ2v) is 5.52. The molecule has 1 nitrogen and oxygen atoms in total. The third kappa shape index (κ3) is 2.98. The van der Waals surface area contributed by atoms with Gasteiger partial charge in [0.1, 0.15) is 11.6 Å². The fraction of sp³-hybridized carbons (Fsp3) is 0.250. The molecule has 0 heterocycles. The van der Waals surface area contributed by atoms with Crippen LogP contribution in [-0.2, 0) is 0 Å². The zero-order chi connectivity index (χ0) is 14.0. The molecular weight excluding hydrogens is 307 g/mol. The van der Waals surface area contributed by atoms with Gasteiger partial charge in [-0.15, -0.1) is 0 Å². The van der Waals surface area contributed by atoms with Crippen molar-refractivity contribution < 1.29 is 9.13 Å². The first-order chi connectivity index (χ1) is 9.02. The van der Waals surface area contributed by atoms with E-state index < -0.39 is 0 Å². The van der Waals surface area contributed by atoms with Gasteiger partial charge < -0.3 is 4.74 Å². The largest absolute Gasteiger partial charge is 0.496 e. The maximum absolute atomic E-state index is 13.3. The Morgan fingerprint density at radius 1 is 1.00 bits per heavy atom. The summed E-state index contributed by atoms with van der Waals surface area (Å²) in [5.74, 6) is 0.686. The Hall–Kier alpha value is -1.35. The molecule has 0 amide bonds. The van der Waals surface area contributed by atoms with Gasteiger partial charge in [0.15, 0.2) is 0 Å². The van der Waals surface area contributed by atoms with Gasteiger partial charge in [-0.3, -0.25) is 0 Å². The van der Waals surface area contributed by atoms with Crippen LogP contribution >= 0.6 is 15.9 Å². The van der Waals surface area contributed by atoms with E-state index in [0.29, 0.717) is 5.56 Å². The Bertz CT molecular complexity index is 595. The topological polar surface area (TPSA) is 9.23 Å². The van der Waals surface area contributed by atoms with E-state index in [-0.39, 0.29) is 10.6 Å². The summed E-state index contributed by atoms with van der Waals surface area (Å²) in [5, 5.41) is 0. The molecule has 0 spiro atoms. The van der Waals surface area contributed by atoms with Gasteiger partial charge in [-0.05, 0) is 48.2 Å². The molecule has 2 rings (SSSR count). The second kappa shape index (κ2) is 5.74.